The van der Waals surface area contributed by atoms with Crippen molar-refractivity contribution in [1.29, 1.82) is 0 Å². The molecule has 0 amide bonds. The summed E-state index contributed by atoms with van der Waals surface area (Å²) >= 11 is 12.0. The number of likely N-dealkylation sites (N-methyl/N-ethyl adjacent to an activating group) is 1. The van der Waals surface area contributed by atoms with E-state index >= 15 is 0 Å². The normalized spacial score (nSPS) is 11.1. The minimum absolute atomic E-state index is 0.686. The summed E-state index contributed by atoms with van der Waals surface area (Å²) in [6.45, 7) is 6.12. The molecule has 0 saturated heterocycles. The van der Waals surface area contributed by atoms with E-state index in [0.29, 0.717) is 5.02 Å². The van der Waals surface area contributed by atoms with Gasteiger partial charge in [0.2, 0.25) is 0 Å². The molecule has 1 aromatic carbocycles. The second-order valence-corrected chi connectivity index (χ2v) is 5.07. The molecule has 0 aromatic heterocycles. The van der Waals surface area contributed by atoms with E-state index in [1.54, 1.807) is 6.07 Å². The Kier molecular flexibility index (Phi) is 6.90. The van der Waals surface area contributed by atoms with E-state index in [1.165, 1.54) is 6.42 Å². The summed E-state index contributed by atoms with van der Waals surface area (Å²) in [5, 5.41) is 4.81. The number of nitrogens with one attached hydrogen (secondary N) is 1. The maximum Gasteiger partial charge on any atom is 0.0465 e. The van der Waals surface area contributed by atoms with Gasteiger partial charge in [0, 0.05) is 29.7 Å². The van der Waals surface area contributed by atoms with E-state index in [4.69, 9.17) is 23.2 Å². The topological polar surface area (TPSA) is 15.3 Å². The number of benzene rings is 1. The molecular weight excluding hydrogens is 255 g/mol. The van der Waals surface area contributed by atoms with Crippen molar-refractivity contribution in [3.63, 3.8) is 0 Å². The van der Waals surface area contributed by atoms with E-state index in [0.717, 1.165) is 36.8 Å². The van der Waals surface area contributed by atoms with Crippen molar-refractivity contribution >= 4 is 23.2 Å². The lowest BCUT2D eigenvalue weighted by Crippen LogP contribution is -2.29. The quantitative estimate of drug-likeness (QED) is 0.767. The fraction of sp³-hybridized carbons (Fsp3) is 0.538. The highest BCUT2D eigenvalue weighted by Crippen LogP contribution is 2.21. The van der Waals surface area contributed by atoms with Gasteiger partial charge in [0.15, 0.2) is 0 Å². The molecule has 4 heteroatoms. The molecule has 0 unspecified atom stereocenters. The van der Waals surface area contributed by atoms with Crippen LogP contribution in [0.2, 0.25) is 10.0 Å². The van der Waals surface area contributed by atoms with Crippen molar-refractivity contribution in [3.8, 4) is 0 Å². The van der Waals surface area contributed by atoms with Gasteiger partial charge in [0.1, 0.15) is 0 Å². The van der Waals surface area contributed by atoms with Gasteiger partial charge in [-0.2, -0.15) is 0 Å². The molecule has 2 nitrogen and oxygen atoms in total. The standard InChI is InChI=1S/C13H20Cl2N2/c1-3-6-16-7-8-17(2)10-11-4-5-12(14)9-13(11)15/h4-5,9,16H,3,6-8,10H2,1-2H3. The molecule has 96 valence electrons. The van der Waals surface area contributed by atoms with Crippen LogP contribution in [-0.4, -0.2) is 31.6 Å². The highest BCUT2D eigenvalue weighted by molar-refractivity contribution is 6.35. The van der Waals surface area contributed by atoms with Crippen molar-refractivity contribution in [3.05, 3.63) is 33.8 Å². The van der Waals surface area contributed by atoms with Gasteiger partial charge in [0.05, 0.1) is 0 Å². The predicted molar refractivity (Wildman–Crippen MR) is 76.0 cm³/mol. The van der Waals surface area contributed by atoms with Crippen LogP contribution < -0.4 is 5.32 Å². The van der Waals surface area contributed by atoms with Crippen LogP contribution in [-0.2, 0) is 6.54 Å². The average Bonchev–Trinajstić information content (AvgIpc) is 2.28. The highest BCUT2D eigenvalue weighted by Gasteiger charge is 2.04. The molecule has 0 saturated carbocycles. The van der Waals surface area contributed by atoms with E-state index < -0.39 is 0 Å². The Morgan fingerprint density at radius 2 is 2.00 bits per heavy atom. The van der Waals surface area contributed by atoms with Gasteiger partial charge in [-0.15, -0.1) is 0 Å². The maximum absolute atomic E-state index is 6.13. The Bertz CT molecular complexity index is 342. The first-order valence-electron chi connectivity index (χ1n) is 5.96. The second-order valence-electron chi connectivity index (χ2n) is 4.22. The minimum atomic E-state index is 0.686. The Morgan fingerprint density at radius 1 is 1.24 bits per heavy atom. The Morgan fingerprint density at radius 3 is 2.65 bits per heavy atom. The lowest BCUT2D eigenvalue weighted by molar-refractivity contribution is 0.324. The molecular formula is C13H20Cl2N2. The van der Waals surface area contributed by atoms with Gasteiger partial charge < -0.3 is 10.2 Å². The highest BCUT2D eigenvalue weighted by atomic mass is 35.5. The lowest BCUT2D eigenvalue weighted by atomic mass is 10.2. The van der Waals surface area contributed by atoms with E-state index in [2.05, 4.69) is 24.2 Å². The van der Waals surface area contributed by atoms with Crippen molar-refractivity contribution < 1.29 is 0 Å². The minimum Gasteiger partial charge on any atom is -0.315 e. The van der Waals surface area contributed by atoms with Crippen molar-refractivity contribution in [1.82, 2.24) is 10.2 Å². The number of nitrogens with zero attached hydrogens (tertiary/aromatic N) is 1. The summed E-state index contributed by atoms with van der Waals surface area (Å²) in [6, 6.07) is 5.66. The Balaban J connectivity index is 2.37. The van der Waals surface area contributed by atoms with Crippen molar-refractivity contribution in [2.75, 3.05) is 26.7 Å². The first-order valence-corrected chi connectivity index (χ1v) is 6.72. The summed E-state index contributed by atoms with van der Waals surface area (Å²) in [5.41, 5.74) is 1.12. The SMILES string of the molecule is CCCNCCN(C)Cc1ccc(Cl)cc1Cl. The van der Waals surface area contributed by atoms with Crippen LogP contribution >= 0.6 is 23.2 Å². The van der Waals surface area contributed by atoms with Gasteiger partial charge in [-0.3, -0.25) is 0 Å². The van der Waals surface area contributed by atoms with Crippen LogP contribution in [0.4, 0.5) is 0 Å². The molecule has 1 aromatic rings. The zero-order valence-corrected chi connectivity index (χ0v) is 12.0. The molecule has 0 radical (unpaired) electrons. The first-order chi connectivity index (χ1) is 8.13. The average molecular weight is 275 g/mol. The Hall–Kier alpha value is -0.280. The third kappa shape index (κ3) is 5.73. The molecule has 0 aliphatic heterocycles. The fourth-order valence-electron chi connectivity index (χ4n) is 1.59. The fourth-order valence-corrected chi connectivity index (χ4v) is 2.06. The van der Waals surface area contributed by atoms with E-state index in [1.807, 2.05) is 12.1 Å². The van der Waals surface area contributed by atoms with Crippen LogP contribution in [0, 0.1) is 0 Å². The summed E-state index contributed by atoms with van der Waals surface area (Å²) in [6.07, 6.45) is 1.17. The van der Waals surface area contributed by atoms with Crippen LogP contribution in [0.5, 0.6) is 0 Å². The van der Waals surface area contributed by atoms with Gasteiger partial charge in [-0.05, 0) is 37.7 Å². The number of hydrogen-bond donors (Lipinski definition) is 1. The molecule has 17 heavy (non-hydrogen) atoms. The third-order valence-corrected chi connectivity index (χ3v) is 3.14. The smallest absolute Gasteiger partial charge is 0.0465 e. The zero-order valence-electron chi connectivity index (χ0n) is 10.5. The molecule has 0 aliphatic carbocycles. The number of rotatable bonds is 7. The molecule has 0 aliphatic rings. The third-order valence-electron chi connectivity index (χ3n) is 2.55. The van der Waals surface area contributed by atoms with Crippen molar-refractivity contribution in [2.45, 2.75) is 19.9 Å². The van der Waals surface area contributed by atoms with Crippen LogP contribution in [0.3, 0.4) is 0 Å². The van der Waals surface area contributed by atoms with Gasteiger partial charge in [-0.1, -0.05) is 36.2 Å². The second kappa shape index (κ2) is 7.93. The summed E-state index contributed by atoms with van der Waals surface area (Å²) in [4.78, 5) is 2.25. The van der Waals surface area contributed by atoms with Crippen molar-refractivity contribution in [2.24, 2.45) is 0 Å². The zero-order chi connectivity index (χ0) is 12.7. The first kappa shape index (κ1) is 14.8. The van der Waals surface area contributed by atoms with Crippen LogP contribution in [0.25, 0.3) is 0 Å². The predicted octanol–water partition coefficient (Wildman–Crippen LogP) is 3.42. The molecule has 1 N–H and O–H groups in total. The molecule has 0 spiro atoms. The molecule has 1 rings (SSSR count). The monoisotopic (exact) mass is 274 g/mol. The molecule has 0 heterocycles. The molecule has 0 fully saturated rings. The van der Waals surface area contributed by atoms with Crippen LogP contribution in [0.1, 0.15) is 18.9 Å². The Labute approximate surface area is 114 Å². The van der Waals surface area contributed by atoms with Gasteiger partial charge >= 0.3 is 0 Å². The van der Waals surface area contributed by atoms with Gasteiger partial charge in [-0.25, -0.2) is 0 Å². The maximum atomic E-state index is 6.13. The molecule has 0 atom stereocenters. The number of halogens is 2. The summed E-state index contributed by atoms with van der Waals surface area (Å²) in [7, 11) is 2.10. The largest absolute Gasteiger partial charge is 0.315 e. The summed E-state index contributed by atoms with van der Waals surface area (Å²) in [5.74, 6) is 0. The number of hydrogen-bond acceptors (Lipinski definition) is 2. The van der Waals surface area contributed by atoms with E-state index in [9.17, 15) is 0 Å². The van der Waals surface area contributed by atoms with Gasteiger partial charge in [0.25, 0.3) is 0 Å². The van der Waals surface area contributed by atoms with E-state index in [-0.39, 0.29) is 0 Å². The molecule has 0 bridgehead atoms. The lowest BCUT2D eigenvalue weighted by Gasteiger charge is -2.17. The summed E-state index contributed by atoms with van der Waals surface area (Å²) < 4.78 is 0. The van der Waals surface area contributed by atoms with Crippen LogP contribution in [0.15, 0.2) is 18.2 Å².